The highest BCUT2D eigenvalue weighted by atomic mass is 32.2. The van der Waals surface area contributed by atoms with Gasteiger partial charge in [-0.25, -0.2) is 22.3 Å². The summed E-state index contributed by atoms with van der Waals surface area (Å²) in [6, 6.07) is 2.79. The largest absolute Gasteiger partial charge is 0.231 e. The van der Waals surface area contributed by atoms with Gasteiger partial charge in [0.1, 0.15) is 11.6 Å². The second-order valence-electron chi connectivity index (χ2n) is 2.56. The van der Waals surface area contributed by atoms with E-state index in [1.165, 1.54) is 0 Å². The van der Waals surface area contributed by atoms with Crippen molar-refractivity contribution in [3.8, 4) is 0 Å². The minimum absolute atomic E-state index is 0.0413. The lowest BCUT2D eigenvalue weighted by Crippen LogP contribution is -2.06. The molecule has 0 saturated carbocycles. The molecule has 0 radical (unpaired) electrons. The average molecular weight is 219 g/mol. The molecule has 0 bridgehead atoms. The fraction of sp³-hybridized carbons (Fsp3) is 0. The number of hydrogen-bond donors (Lipinski definition) is 1. The Morgan fingerprint density at radius 3 is 2.43 bits per heavy atom. The van der Waals surface area contributed by atoms with E-state index in [9.17, 15) is 17.2 Å². The fourth-order valence-corrected chi connectivity index (χ4v) is 1.14. The summed E-state index contributed by atoms with van der Waals surface area (Å²) in [6.45, 7) is 0. The van der Waals surface area contributed by atoms with Crippen molar-refractivity contribution in [1.82, 2.24) is 0 Å². The first-order valence-corrected chi connectivity index (χ1v) is 5.15. The van der Waals surface area contributed by atoms with Gasteiger partial charge in [-0.1, -0.05) is 0 Å². The van der Waals surface area contributed by atoms with Gasteiger partial charge >= 0.3 is 0 Å². The third kappa shape index (κ3) is 3.23. The van der Waals surface area contributed by atoms with Crippen LogP contribution in [-0.4, -0.2) is 8.42 Å². The second kappa shape index (κ2) is 3.85. The van der Waals surface area contributed by atoms with Crippen LogP contribution in [0.4, 0.5) is 8.78 Å². The van der Waals surface area contributed by atoms with Crippen LogP contribution in [0.25, 0.3) is 6.08 Å². The Kier molecular flexibility index (Phi) is 2.97. The molecule has 0 aliphatic rings. The maximum atomic E-state index is 12.9. The van der Waals surface area contributed by atoms with Crippen LogP contribution in [0.15, 0.2) is 23.6 Å². The van der Waals surface area contributed by atoms with E-state index in [-0.39, 0.29) is 5.56 Å². The molecule has 3 nitrogen and oxygen atoms in total. The molecule has 76 valence electrons. The van der Waals surface area contributed by atoms with Crippen LogP contribution in [0.2, 0.25) is 0 Å². The number of nitrogens with two attached hydrogens (primary N) is 1. The number of primary sulfonamides is 1. The molecule has 0 unspecified atom stereocenters. The number of rotatable bonds is 2. The van der Waals surface area contributed by atoms with E-state index in [4.69, 9.17) is 0 Å². The van der Waals surface area contributed by atoms with Crippen molar-refractivity contribution >= 4 is 16.1 Å². The summed E-state index contributed by atoms with van der Waals surface area (Å²) in [7, 11) is -3.79. The molecule has 1 rings (SSSR count). The summed E-state index contributed by atoms with van der Waals surface area (Å²) in [4.78, 5) is 0. The SMILES string of the molecule is NS(=O)(=O)/C=C\c1ccc(F)cc1F. The van der Waals surface area contributed by atoms with Crippen LogP contribution in [0.3, 0.4) is 0 Å². The van der Waals surface area contributed by atoms with E-state index in [0.717, 1.165) is 18.2 Å². The zero-order valence-electron chi connectivity index (χ0n) is 6.94. The fourth-order valence-electron chi connectivity index (χ4n) is 0.805. The molecule has 0 aliphatic carbocycles. The molecular weight excluding hydrogens is 212 g/mol. The monoisotopic (exact) mass is 219 g/mol. The van der Waals surface area contributed by atoms with Crippen LogP contribution in [0.5, 0.6) is 0 Å². The first-order valence-electron chi connectivity index (χ1n) is 3.54. The van der Waals surface area contributed by atoms with Gasteiger partial charge in [0.15, 0.2) is 0 Å². The minimum atomic E-state index is -3.79. The van der Waals surface area contributed by atoms with Crippen molar-refractivity contribution in [2.24, 2.45) is 5.14 Å². The molecule has 0 amide bonds. The van der Waals surface area contributed by atoms with Crippen molar-refractivity contribution in [2.75, 3.05) is 0 Å². The van der Waals surface area contributed by atoms with Gasteiger partial charge in [-0.15, -0.1) is 0 Å². The summed E-state index contributed by atoms with van der Waals surface area (Å²) in [6.07, 6.45) is 0.962. The highest BCUT2D eigenvalue weighted by molar-refractivity contribution is 7.92. The first-order chi connectivity index (χ1) is 6.38. The van der Waals surface area contributed by atoms with E-state index < -0.39 is 21.7 Å². The summed E-state index contributed by atoms with van der Waals surface area (Å²) < 4.78 is 46.3. The predicted octanol–water partition coefficient (Wildman–Crippen LogP) is 1.22. The van der Waals surface area contributed by atoms with Crippen molar-refractivity contribution in [3.63, 3.8) is 0 Å². The molecule has 0 fully saturated rings. The van der Waals surface area contributed by atoms with Gasteiger partial charge in [-0.3, -0.25) is 0 Å². The van der Waals surface area contributed by atoms with Crippen molar-refractivity contribution in [1.29, 1.82) is 0 Å². The minimum Gasteiger partial charge on any atom is -0.225 e. The zero-order valence-corrected chi connectivity index (χ0v) is 7.76. The van der Waals surface area contributed by atoms with Gasteiger partial charge in [0.2, 0.25) is 10.0 Å². The van der Waals surface area contributed by atoms with Crippen LogP contribution < -0.4 is 5.14 Å². The smallest absolute Gasteiger partial charge is 0.225 e. The topological polar surface area (TPSA) is 60.2 Å². The maximum Gasteiger partial charge on any atom is 0.231 e. The van der Waals surface area contributed by atoms with E-state index >= 15 is 0 Å². The van der Waals surface area contributed by atoms with Gasteiger partial charge in [-0.05, 0) is 18.2 Å². The van der Waals surface area contributed by atoms with Crippen LogP contribution in [0.1, 0.15) is 5.56 Å². The van der Waals surface area contributed by atoms with Gasteiger partial charge in [0.25, 0.3) is 0 Å². The van der Waals surface area contributed by atoms with Crippen molar-refractivity contribution < 1.29 is 17.2 Å². The van der Waals surface area contributed by atoms with Crippen LogP contribution in [0, 0.1) is 11.6 Å². The summed E-state index contributed by atoms with van der Waals surface area (Å²) >= 11 is 0. The van der Waals surface area contributed by atoms with Crippen molar-refractivity contribution in [3.05, 3.63) is 40.8 Å². The van der Waals surface area contributed by atoms with E-state index in [0.29, 0.717) is 11.5 Å². The van der Waals surface area contributed by atoms with Gasteiger partial charge in [-0.2, -0.15) is 0 Å². The third-order valence-corrected chi connectivity index (χ3v) is 1.92. The van der Waals surface area contributed by atoms with Gasteiger partial charge in [0, 0.05) is 17.0 Å². The number of benzene rings is 1. The lowest BCUT2D eigenvalue weighted by Gasteiger charge is -1.95. The Morgan fingerprint density at radius 2 is 1.93 bits per heavy atom. The Hall–Kier alpha value is -1.27. The van der Waals surface area contributed by atoms with E-state index in [1.54, 1.807) is 0 Å². The quantitative estimate of drug-likeness (QED) is 0.813. The lowest BCUT2D eigenvalue weighted by molar-refractivity contribution is 0.581. The normalized spacial score (nSPS) is 12.2. The molecule has 14 heavy (non-hydrogen) atoms. The number of hydrogen-bond acceptors (Lipinski definition) is 2. The third-order valence-electron chi connectivity index (χ3n) is 1.40. The Bertz CT molecular complexity index is 468. The molecular formula is C8H7F2NO2S. The first kappa shape index (κ1) is 10.8. The highest BCUT2D eigenvalue weighted by Crippen LogP contribution is 2.11. The molecule has 2 N–H and O–H groups in total. The van der Waals surface area contributed by atoms with Gasteiger partial charge in [0.05, 0.1) is 0 Å². The molecule has 6 heteroatoms. The molecule has 0 heterocycles. The summed E-state index contributed by atoms with van der Waals surface area (Å²) in [5, 5.41) is 5.29. The van der Waals surface area contributed by atoms with Gasteiger partial charge < -0.3 is 0 Å². The Balaban J connectivity index is 3.05. The molecule has 1 aromatic rings. The predicted molar refractivity (Wildman–Crippen MR) is 48.5 cm³/mol. The molecule has 1 aromatic carbocycles. The van der Waals surface area contributed by atoms with E-state index in [1.807, 2.05) is 0 Å². The average Bonchev–Trinajstić information content (AvgIpc) is 2.00. The molecule has 0 aliphatic heterocycles. The van der Waals surface area contributed by atoms with E-state index in [2.05, 4.69) is 5.14 Å². The lowest BCUT2D eigenvalue weighted by atomic mass is 10.2. The number of sulfonamides is 1. The summed E-state index contributed by atoms with van der Waals surface area (Å²) in [5.41, 5.74) is -0.0413. The maximum absolute atomic E-state index is 12.9. The molecule has 0 saturated heterocycles. The summed E-state index contributed by atoms with van der Waals surface area (Å²) in [5.74, 6) is -1.57. The zero-order chi connectivity index (χ0) is 10.8. The number of halogens is 2. The Labute approximate surface area is 79.9 Å². The molecule has 0 aromatic heterocycles. The Morgan fingerprint density at radius 1 is 1.29 bits per heavy atom. The highest BCUT2D eigenvalue weighted by Gasteiger charge is 2.01. The molecule has 0 spiro atoms. The second-order valence-corrected chi connectivity index (χ2v) is 4.01. The van der Waals surface area contributed by atoms with Crippen LogP contribution in [-0.2, 0) is 10.0 Å². The standard InChI is InChI=1S/C8H7F2NO2S/c9-7-2-1-6(8(10)5-7)3-4-14(11,12)13/h1-5H,(H2,11,12,13)/b4-3-. The van der Waals surface area contributed by atoms with Crippen molar-refractivity contribution in [2.45, 2.75) is 0 Å². The molecule has 0 atom stereocenters. The van der Waals surface area contributed by atoms with Crippen LogP contribution >= 0.6 is 0 Å².